The van der Waals surface area contributed by atoms with Crippen LogP contribution in [0.5, 0.6) is 0 Å². The molecule has 1 aliphatic heterocycles. The molecule has 2 fully saturated rings. The van der Waals surface area contributed by atoms with Gasteiger partial charge < -0.3 is 4.52 Å². The topological polar surface area (TPSA) is 45.4 Å². The average molecular weight is 344 g/mol. The maximum Gasteiger partial charge on any atom is 0.243 e. The minimum atomic E-state index is -0.167. The first-order valence-corrected chi connectivity index (χ1v) is 9.19. The van der Waals surface area contributed by atoms with Gasteiger partial charge in [0.2, 0.25) is 5.89 Å². The molecule has 2 heterocycles. The molecule has 0 radical (unpaired) electrons. The van der Waals surface area contributed by atoms with E-state index in [1.165, 1.54) is 18.9 Å². The predicted octanol–water partition coefficient (Wildman–Crippen LogP) is 3.53. The van der Waals surface area contributed by atoms with Crippen LogP contribution >= 0.6 is 0 Å². The summed E-state index contributed by atoms with van der Waals surface area (Å²) < 4.78 is 18.9. The van der Waals surface area contributed by atoms with Gasteiger partial charge in [0.15, 0.2) is 5.82 Å². The van der Waals surface area contributed by atoms with E-state index in [1.807, 2.05) is 6.07 Å². The van der Waals surface area contributed by atoms with Crippen molar-refractivity contribution in [1.29, 1.82) is 0 Å². The van der Waals surface area contributed by atoms with Crippen LogP contribution in [0.3, 0.4) is 0 Å². The average Bonchev–Trinajstić information content (AvgIpc) is 3.37. The molecule has 25 heavy (non-hydrogen) atoms. The third kappa shape index (κ3) is 3.60. The Kier molecular flexibility index (Phi) is 4.56. The standard InChI is InChI=1S/C19H25FN4O/c1-13(16-4-3-5-17(20)12-16)23-8-10-24(11-9-23)14(2)19-21-18(22-25-19)15-6-7-15/h3-5,12-15H,6-11H2,1-2H3/t13-,14-/m1/s1. The van der Waals surface area contributed by atoms with Crippen molar-refractivity contribution in [3.05, 3.63) is 47.4 Å². The Bertz CT molecular complexity index is 722. The van der Waals surface area contributed by atoms with Gasteiger partial charge in [0.1, 0.15) is 5.82 Å². The Labute approximate surface area is 147 Å². The molecule has 0 unspecified atom stereocenters. The lowest BCUT2D eigenvalue weighted by Crippen LogP contribution is -2.47. The first-order valence-electron chi connectivity index (χ1n) is 9.19. The first-order chi connectivity index (χ1) is 12.1. The second kappa shape index (κ2) is 6.84. The summed E-state index contributed by atoms with van der Waals surface area (Å²) in [6.45, 7) is 8.07. The molecule has 0 spiro atoms. The molecule has 1 aromatic carbocycles. The van der Waals surface area contributed by atoms with Crippen LogP contribution in [-0.2, 0) is 0 Å². The number of halogens is 1. The van der Waals surface area contributed by atoms with E-state index in [2.05, 4.69) is 33.8 Å². The van der Waals surface area contributed by atoms with Crippen LogP contribution in [0.4, 0.5) is 4.39 Å². The van der Waals surface area contributed by atoms with Crippen LogP contribution < -0.4 is 0 Å². The van der Waals surface area contributed by atoms with Crippen LogP contribution in [0, 0.1) is 5.82 Å². The Hall–Kier alpha value is -1.79. The molecular weight excluding hydrogens is 319 g/mol. The van der Waals surface area contributed by atoms with Crippen molar-refractivity contribution in [1.82, 2.24) is 19.9 Å². The maximum atomic E-state index is 13.5. The third-order valence-corrected chi connectivity index (χ3v) is 5.53. The van der Waals surface area contributed by atoms with Gasteiger partial charge in [-0.3, -0.25) is 9.80 Å². The van der Waals surface area contributed by atoms with E-state index in [0.29, 0.717) is 5.92 Å². The van der Waals surface area contributed by atoms with E-state index in [1.54, 1.807) is 12.1 Å². The Morgan fingerprint density at radius 1 is 1.08 bits per heavy atom. The second-order valence-corrected chi connectivity index (χ2v) is 7.24. The quantitative estimate of drug-likeness (QED) is 0.830. The predicted molar refractivity (Wildman–Crippen MR) is 92.6 cm³/mol. The highest BCUT2D eigenvalue weighted by molar-refractivity contribution is 5.19. The molecule has 1 aromatic heterocycles. The molecule has 1 saturated heterocycles. The van der Waals surface area contributed by atoms with Crippen molar-refractivity contribution in [2.24, 2.45) is 0 Å². The van der Waals surface area contributed by atoms with Crippen LogP contribution in [0.25, 0.3) is 0 Å². The van der Waals surface area contributed by atoms with Crippen molar-refractivity contribution >= 4 is 0 Å². The molecule has 6 heteroatoms. The van der Waals surface area contributed by atoms with Crippen molar-refractivity contribution in [2.75, 3.05) is 26.2 Å². The lowest BCUT2D eigenvalue weighted by molar-refractivity contribution is 0.0677. The Morgan fingerprint density at radius 3 is 2.40 bits per heavy atom. The zero-order chi connectivity index (χ0) is 17.4. The zero-order valence-corrected chi connectivity index (χ0v) is 14.9. The summed E-state index contributed by atoms with van der Waals surface area (Å²) in [6.07, 6.45) is 2.37. The summed E-state index contributed by atoms with van der Waals surface area (Å²) in [5.74, 6) is 1.96. The smallest absolute Gasteiger partial charge is 0.243 e. The molecule has 2 atom stereocenters. The highest BCUT2D eigenvalue weighted by atomic mass is 19.1. The van der Waals surface area contributed by atoms with Gasteiger partial charge in [-0.15, -0.1) is 0 Å². The molecule has 1 aliphatic carbocycles. The van der Waals surface area contributed by atoms with Crippen LogP contribution in [0.15, 0.2) is 28.8 Å². The minimum absolute atomic E-state index is 0.145. The molecule has 0 amide bonds. The molecule has 134 valence electrons. The lowest BCUT2D eigenvalue weighted by Gasteiger charge is -2.39. The number of piperazine rings is 1. The molecular formula is C19H25FN4O. The van der Waals surface area contributed by atoms with Crippen molar-refractivity contribution < 1.29 is 8.91 Å². The van der Waals surface area contributed by atoms with Gasteiger partial charge in [0, 0.05) is 38.1 Å². The fourth-order valence-electron chi connectivity index (χ4n) is 3.57. The van der Waals surface area contributed by atoms with Gasteiger partial charge in [-0.05, 0) is 44.4 Å². The van der Waals surface area contributed by atoms with Gasteiger partial charge in [-0.1, -0.05) is 17.3 Å². The number of hydrogen-bond acceptors (Lipinski definition) is 5. The highest BCUT2D eigenvalue weighted by Crippen LogP contribution is 2.38. The fraction of sp³-hybridized carbons (Fsp3) is 0.579. The largest absolute Gasteiger partial charge is 0.338 e. The summed E-state index contributed by atoms with van der Waals surface area (Å²) in [6, 6.07) is 7.28. The van der Waals surface area contributed by atoms with Crippen LogP contribution in [-0.4, -0.2) is 46.1 Å². The summed E-state index contributed by atoms with van der Waals surface area (Å²) >= 11 is 0. The SMILES string of the molecule is C[C@H](c1cccc(F)c1)N1CCN([C@H](C)c2nc(C3CC3)no2)CC1. The third-order valence-electron chi connectivity index (χ3n) is 5.53. The number of benzene rings is 1. The minimum Gasteiger partial charge on any atom is -0.338 e. The van der Waals surface area contributed by atoms with Gasteiger partial charge in [-0.25, -0.2) is 4.39 Å². The van der Waals surface area contributed by atoms with E-state index in [4.69, 9.17) is 4.52 Å². The zero-order valence-electron chi connectivity index (χ0n) is 14.9. The molecule has 4 rings (SSSR count). The number of rotatable bonds is 5. The van der Waals surface area contributed by atoms with Gasteiger partial charge in [0.05, 0.1) is 6.04 Å². The van der Waals surface area contributed by atoms with Gasteiger partial charge >= 0.3 is 0 Å². The van der Waals surface area contributed by atoms with E-state index in [-0.39, 0.29) is 17.9 Å². The van der Waals surface area contributed by atoms with Crippen molar-refractivity contribution in [3.8, 4) is 0 Å². The van der Waals surface area contributed by atoms with Gasteiger partial charge in [0.25, 0.3) is 0 Å². The highest BCUT2D eigenvalue weighted by Gasteiger charge is 2.32. The summed E-state index contributed by atoms with van der Waals surface area (Å²) in [4.78, 5) is 9.38. The molecule has 1 saturated carbocycles. The molecule has 2 aromatic rings. The Morgan fingerprint density at radius 2 is 1.76 bits per heavy atom. The van der Waals surface area contributed by atoms with Crippen LogP contribution in [0.1, 0.15) is 62.0 Å². The number of nitrogens with zero attached hydrogens (tertiary/aromatic N) is 4. The van der Waals surface area contributed by atoms with Crippen LogP contribution in [0.2, 0.25) is 0 Å². The second-order valence-electron chi connectivity index (χ2n) is 7.24. The van der Waals surface area contributed by atoms with Gasteiger partial charge in [-0.2, -0.15) is 4.98 Å². The number of aromatic nitrogens is 2. The van der Waals surface area contributed by atoms with E-state index >= 15 is 0 Å². The maximum absolute atomic E-state index is 13.5. The molecule has 2 aliphatic rings. The van der Waals surface area contributed by atoms with Crippen molar-refractivity contribution in [3.63, 3.8) is 0 Å². The summed E-state index contributed by atoms with van der Waals surface area (Å²) in [7, 11) is 0. The van der Waals surface area contributed by atoms with E-state index < -0.39 is 0 Å². The molecule has 0 N–H and O–H groups in total. The molecule has 0 bridgehead atoms. The summed E-state index contributed by atoms with van der Waals surface area (Å²) in [5, 5.41) is 4.13. The summed E-state index contributed by atoms with van der Waals surface area (Å²) in [5.41, 5.74) is 1.03. The fourth-order valence-corrected chi connectivity index (χ4v) is 3.57. The Balaban J connectivity index is 1.35. The number of hydrogen-bond donors (Lipinski definition) is 0. The van der Waals surface area contributed by atoms with E-state index in [0.717, 1.165) is 43.5 Å². The van der Waals surface area contributed by atoms with Crippen molar-refractivity contribution in [2.45, 2.75) is 44.7 Å². The normalized spacial score (nSPS) is 22.0. The lowest BCUT2D eigenvalue weighted by atomic mass is 10.1. The van der Waals surface area contributed by atoms with E-state index in [9.17, 15) is 4.39 Å². The monoisotopic (exact) mass is 344 g/mol. The first kappa shape index (κ1) is 16.7. The molecule has 5 nitrogen and oxygen atoms in total.